The minimum absolute atomic E-state index is 0.388. The molecule has 0 radical (unpaired) electrons. The van der Waals surface area contributed by atoms with Gasteiger partial charge in [-0.15, -0.1) is 6.42 Å². The lowest BCUT2D eigenvalue weighted by atomic mass is 9.47. The highest BCUT2D eigenvalue weighted by Crippen LogP contribution is 2.62. The van der Waals surface area contributed by atoms with Crippen LogP contribution in [0.1, 0.15) is 177 Å². The van der Waals surface area contributed by atoms with E-state index in [0.29, 0.717) is 5.41 Å². The summed E-state index contributed by atoms with van der Waals surface area (Å²) in [7, 11) is 0. The Bertz CT molecular complexity index is 889. The topological polar surface area (TPSA) is 0 Å². The van der Waals surface area contributed by atoms with Gasteiger partial charge in [0.1, 0.15) is 0 Å². The Morgan fingerprint density at radius 1 is 0.553 bits per heavy atom. The maximum atomic E-state index is 6.64. The number of hydrogen-bond acceptors (Lipinski definition) is 0. The van der Waals surface area contributed by atoms with E-state index >= 15 is 0 Å². The summed E-state index contributed by atoms with van der Waals surface area (Å²) in [6, 6.07) is 0. The predicted octanol–water partition coefficient (Wildman–Crippen LogP) is 11.1. The van der Waals surface area contributed by atoms with Gasteiger partial charge in [0.05, 0.1) is 0 Å². The summed E-state index contributed by atoms with van der Waals surface area (Å²) in [4.78, 5) is 0. The Kier molecular flexibility index (Phi) is 11.3. The molecule has 0 heterocycles. The second kappa shape index (κ2) is 14.4. The maximum absolute atomic E-state index is 6.64. The third-order valence-corrected chi connectivity index (χ3v) is 10.8. The van der Waals surface area contributed by atoms with E-state index in [2.05, 4.69) is 33.6 Å². The average molecular weight is 517 g/mol. The summed E-state index contributed by atoms with van der Waals surface area (Å²) in [6.07, 6.45) is 36.4. The van der Waals surface area contributed by atoms with Gasteiger partial charge >= 0.3 is 0 Å². The SMILES string of the molecule is C#Cc1c(CCCCC)c(CCCCC)c(CCCCC)c(CCCCC)c1C12CC3CC(CC(C3)C1)C2. The Morgan fingerprint density at radius 2 is 0.921 bits per heavy atom. The Hall–Kier alpha value is -1.22. The molecule has 0 unspecified atom stereocenters. The van der Waals surface area contributed by atoms with Gasteiger partial charge in [-0.25, -0.2) is 0 Å². The molecule has 0 nitrogen and oxygen atoms in total. The normalized spacial score (nSPS) is 25.7. The van der Waals surface area contributed by atoms with E-state index < -0.39 is 0 Å². The molecule has 0 saturated heterocycles. The molecular formula is C38H60. The van der Waals surface area contributed by atoms with Crippen molar-refractivity contribution in [1.29, 1.82) is 0 Å². The van der Waals surface area contributed by atoms with E-state index in [1.165, 1.54) is 147 Å². The van der Waals surface area contributed by atoms with Crippen molar-refractivity contribution in [2.24, 2.45) is 17.8 Å². The predicted molar refractivity (Wildman–Crippen MR) is 167 cm³/mol. The molecule has 0 heteroatoms. The molecule has 0 atom stereocenters. The molecule has 0 spiro atoms. The van der Waals surface area contributed by atoms with E-state index in [9.17, 15) is 0 Å². The smallest absolute Gasteiger partial charge is 0.0318 e. The zero-order chi connectivity index (χ0) is 27.0. The van der Waals surface area contributed by atoms with Gasteiger partial charge in [-0.2, -0.15) is 0 Å². The van der Waals surface area contributed by atoms with Gasteiger partial charge in [0.25, 0.3) is 0 Å². The summed E-state index contributed by atoms with van der Waals surface area (Å²) in [5.74, 6) is 6.37. The first-order chi connectivity index (χ1) is 18.6. The van der Waals surface area contributed by atoms with Crippen LogP contribution in [0.3, 0.4) is 0 Å². The fraction of sp³-hybridized carbons (Fsp3) is 0.789. The zero-order valence-electron chi connectivity index (χ0n) is 25.9. The highest BCUT2D eigenvalue weighted by molar-refractivity contribution is 5.61. The summed E-state index contributed by atoms with van der Waals surface area (Å²) in [6.45, 7) is 9.42. The van der Waals surface area contributed by atoms with Crippen LogP contribution in [0.4, 0.5) is 0 Å². The molecule has 0 aromatic heterocycles. The number of unbranched alkanes of at least 4 members (excludes halogenated alkanes) is 8. The van der Waals surface area contributed by atoms with E-state index in [-0.39, 0.29) is 0 Å². The Morgan fingerprint density at radius 3 is 1.32 bits per heavy atom. The molecule has 1 aromatic rings. The van der Waals surface area contributed by atoms with E-state index in [4.69, 9.17) is 6.42 Å². The van der Waals surface area contributed by atoms with Gasteiger partial charge in [0, 0.05) is 5.56 Å². The van der Waals surface area contributed by atoms with Gasteiger partial charge in [-0.05, 0) is 141 Å². The molecule has 4 bridgehead atoms. The third-order valence-electron chi connectivity index (χ3n) is 10.8. The average Bonchev–Trinajstić information content (AvgIpc) is 2.89. The molecule has 0 amide bonds. The summed E-state index contributed by atoms with van der Waals surface area (Å²) < 4.78 is 0. The molecule has 0 aliphatic heterocycles. The zero-order valence-corrected chi connectivity index (χ0v) is 25.9. The van der Waals surface area contributed by atoms with E-state index in [1.54, 1.807) is 22.3 Å². The second-order valence-electron chi connectivity index (χ2n) is 13.8. The lowest BCUT2D eigenvalue weighted by molar-refractivity contribution is -0.00578. The van der Waals surface area contributed by atoms with Crippen molar-refractivity contribution < 1.29 is 0 Å². The van der Waals surface area contributed by atoms with Crippen LogP contribution in [0.2, 0.25) is 0 Å². The van der Waals surface area contributed by atoms with Crippen LogP contribution >= 0.6 is 0 Å². The Labute approximate surface area is 237 Å². The lowest BCUT2D eigenvalue weighted by Crippen LogP contribution is -2.49. The quantitative estimate of drug-likeness (QED) is 0.143. The monoisotopic (exact) mass is 516 g/mol. The molecule has 4 aliphatic carbocycles. The highest BCUT2D eigenvalue weighted by Gasteiger charge is 2.53. The minimum Gasteiger partial charge on any atom is -0.115 e. The van der Waals surface area contributed by atoms with Crippen molar-refractivity contribution in [2.75, 3.05) is 0 Å². The van der Waals surface area contributed by atoms with Crippen molar-refractivity contribution >= 4 is 0 Å². The van der Waals surface area contributed by atoms with Crippen LogP contribution in [0.15, 0.2) is 0 Å². The standard InChI is InChI=1S/C38H60/c1-6-11-15-19-33-32(10-5)37(38-26-29-23-30(27-38)25-31(24-29)28-38)36(22-18-14-9-4)35(21-17-13-8-3)34(33)20-16-12-7-2/h5,29-31H,6-9,11-28H2,1-4H3. The van der Waals surface area contributed by atoms with Crippen LogP contribution < -0.4 is 0 Å². The van der Waals surface area contributed by atoms with Crippen LogP contribution in [0, 0.1) is 30.1 Å². The fourth-order valence-electron chi connectivity index (χ4n) is 9.49. The van der Waals surface area contributed by atoms with Crippen molar-refractivity contribution in [3.05, 3.63) is 33.4 Å². The highest BCUT2D eigenvalue weighted by atomic mass is 14.6. The van der Waals surface area contributed by atoms with Crippen LogP contribution in [0.25, 0.3) is 0 Å². The van der Waals surface area contributed by atoms with Gasteiger partial charge in [0.15, 0.2) is 0 Å². The van der Waals surface area contributed by atoms with Crippen molar-refractivity contribution in [3.63, 3.8) is 0 Å². The summed E-state index contributed by atoms with van der Waals surface area (Å²) >= 11 is 0. The molecule has 38 heavy (non-hydrogen) atoms. The van der Waals surface area contributed by atoms with Crippen LogP contribution in [0.5, 0.6) is 0 Å². The molecular weight excluding hydrogens is 456 g/mol. The number of hydrogen-bond donors (Lipinski definition) is 0. The van der Waals surface area contributed by atoms with E-state index in [0.717, 1.165) is 17.8 Å². The number of rotatable bonds is 17. The maximum Gasteiger partial charge on any atom is 0.0318 e. The van der Waals surface area contributed by atoms with Gasteiger partial charge in [-0.1, -0.05) is 85.0 Å². The lowest BCUT2D eigenvalue weighted by Gasteiger charge is -2.58. The van der Waals surface area contributed by atoms with Crippen molar-refractivity contribution in [3.8, 4) is 12.3 Å². The van der Waals surface area contributed by atoms with Crippen LogP contribution in [-0.2, 0) is 31.1 Å². The minimum atomic E-state index is 0.388. The molecule has 4 saturated carbocycles. The van der Waals surface area contributed by atoms with Crippen molar-refractivity contribution in [1.82, 2.24) is 0 Å². The van der Waals surface area contributed by atoms with Gasteiger partial charge in [0.2, 0.25) is 0 Å². The summed E-state index contributed by atoms with van der Waals surface area (Å²) in [5, 5.41) is 0. The largest absolute Gasteiger partial charge is 0.115 e. The Balaban J connectivity index is 1.92. The molecule has 4 fully saturated rings. The third kappa shape index (κ3) is 6.56. The fourth-order valence-corrected chi connectivity index (χ4v) is 9.49. The number of terminal acetylenes is 1. The molecule has 212 valence electrons. The van der Waals surface area contributed by atoms with Gasteiger partial charge in [-0.3, -0.25) is 0 Å². The number of benzene rings is 1. The molecule has 4 aliphatic rings. The first-order valence-electron chi connectivity index (χ1n) is 17.3. The molecule has 1 aromatic carbocycles. The first-order valence-corrected chi connectivity index (χ1v) is 17.3. The summed E-state index contributed by atoms with van der Waals surface area (Å²) in [5.41, 5.74) is 10.5. The molecule has 0 N–H and O–H groups in total. The van der Waals surface area contributed by atoms with Crippen LogP contribution in [-0.4, -0.2) is 0 Å². The van der Waals surface area contributed by atoms with Crippen molar-refractivity contribution in [2.45, 2.75) is 174 Å². The first kappa shape index (κ1) is 29.8. The molecule has 5 rings (SSSR count). The van der Waals surface area contributed by atoms with Gasteiger partial charge < -0.3 is 0 Å². The second-order valence-corrected chi connectivity index (χ2v) is 13.8. The van der Waals surface area contributed by atoms with E-state index in [1.807, 2.05) is 5.56 Å².